The lowest BCUT2D eigenvalue weighted by Gasteiger charge is -2.11. The van der Waals surface area contributed by atoms with Gasteiger partial charge in [0, 0.05) is 17.1 Å². The Kier molecular flexibility index (Phi) is 4.14. The summed E-state index contributed by atoms with van der Waals surface area (Å²) in [5.41, 5.74) is 1.79. The van der Waals surface area contributed by atoms with Gasteiger partial charge in [-0.1, -0.05) is 18.2 Å². The van der Waals surface area contributed by atoms with E-state index in [1.54, 1.807) is 25.3 Å². The number of hydrogen-bond acceptors (Lipinski definition) is 4. The molecular weight excluding hydrogens is 294 g/mol. The summed E-state index contributed by atoms with van der Waals surface area (Å²) in [6, 6.07) is 12.7. The molecule has 0 atom stereocenters. The van der Waals surface area contributed by atoms with Crippen LogP contribution in [0.5, 0.6) is 11.5 Å². The fourth-order valence-corrected chi connectivity index (χ4v) is 2.35. The fourth-order valence-electron chi connectivity index (χ4n) is 2.35. The van der Waals surface area contributed by atoms with E-state index in [0.29, 0.717) is 29.5 Å². The third kappa shape index (κ3) is 2.96. The van der Waals surface area contributed by atoms with E-state index in [0.717, 1.165) is 10.9 Å². The number of aromatic amines is 1. The molecule has 0 aliphatic carbocycles. The highest BCUT2D eigenvalue weighted by Gasteiger charge is 2.15. The molecule has 2 aromatic carbocycles. The molecule has 2 N–H and O–H groups in total. The summed E-state index contributed by atoms with van der Waals surface area (Å²) in [5, 5.41) is 10.5. The van der Waals surface area contributed by atoms with E-state index in [1.807, 2.05) is 31.2 Å². The van der Waals surface area contributed by atoms with Crippen molar-refractivity contribution in [1.82, 2.24) is 10.2 Å². The lowest BCUT2D eigenvalue weighted by atomic mass is 10.2. The van der Waals surface area contributed by atoms with Gasteiger partial charge in [-0.05, 0) is 25.1 Å². The van der Waals surface area contributed by atoms with Crippen LogP contribution in [-0.4, -0.2) is 29.8 Å². The van der Waals surface area contributed by atoms with Gasteiger partial charge in [0.25, 0.3) is 5.91 Å². The average Bonchev–Trinajstić information content (AvgIpc) is 3.00. The van der Waals surface area contributed by atoms with Gasteiger partial charge < -0.3 is 14.8 Å². The molecule has 1 amide bonds. The van der Waals surface area contributed by atoms with Gasteiger partial charge >= 0.3 is 0 Å². The van der Waals surface area contributed by atoms with Gasteiger partial charge in [0.15, 0.2) is 17.2 Å². The highest BCUT2D eigenvalue weighted by molar-refractivity contribution is 6.11. The monoisotopic (exact) mass is 311 g/mol. The molecule has 0 saturated heterocycles. The number of benzene rings is 2. The van der Waals surface area contributed by atoms with Crippen LogP contribution in [0.2, 0.25) is 0 Å². The van der Waals surface area contributed by atoms with E-state index in [2.05, 4.69) is 15.5 Å². The minimum atomic E-state index is -0.284. The summed E-state index contributed by atoms with van der Waals surface area (Å²) >= 11 is 0. The van der Waals surface area contributed by atoms with Gasteiger partial charge in [-0.15, -0.1) is 0 Å². The molecular formula is C17H17N3O3. The number of para-hydroxylation sites is 1. The molecule has 3 rings (SSSR count). The standard InChI is InChI=1S/C17H17N3O3/c1-3-23-14-9-8-11(10-15(14)22-2)18-17(21)16-12-6-4-5-7-13(12)19-20-16/h4-10H,3H2,1-2H3,(H,18,21)(H,19,20). The quantitative estimate of drug-likeness (QED) is 0.758. The number of carbonyl (C=O) groups excluding carboxylic acids is 1. The van der Waals surface area contributed by atoms with Crippen molar-refractivity contribution in [2.24, 2.45) is 0 Å². The summed E-state index contributed by atoms with van der Waals surface area (Å²) in [7, 11) is 1.56. The maximum absolute atomic E-state index is 12.4. The number of hydrogen-bond donors (Lipinski definition) is 2. The summed E-state index contributed by atoms with van der Waals surface area (Å²) in [4.78, 5) is 12.4. The van der Waals surface area contributed by atoms with Crippen molar-refractivity contribution in [1.29, 1.82) is 0 Å². The molecule has 0 bridgehead atoms. The van der Waals surface area contributed by atoms with Gasteiger partial charge in [-0.25, -0.2) is 0 Å². The molecule has 6 heteroatoms. The number of fused-ring (bicyclic) bond motifs is 1. The molecule has 0 spiro atoms. The second kappa shape index (κ2) is 6.39. The van der Waals surface area contributed by atoms with Crippen LogP contribution in [0.3, 0.4) is 0 Å². The van der Waals surface area contributed by atoms with Crippen molar-refractivity contribution in [2.45, 2.75) is 6.92 Å². The van der Waals surface area contributed by atoms with Crippen molar-refractivity contribution >= 4 is 22.5 Å². The first-order valence-corrected chi connectivity index (χ1v) is 7.28. The number of aromatic nitrogens is 2. The maximum atomic E-state index is 12.4. The number of H-pyrrole nitrogens is 1. The number of anilines is 1. The predicted molar refractivity (Wildman–Crippen MR) is 88.2 cm³/mol. The molecule has 0 aliphatic heterocycles. The second-order valence-corrected chi connectivity index (χ2v) is 4.87. The molecule has 118 valence electrons. The number of methoxy groups -OCH3 is 1. The van der Waals surface area contributed by atoms with Crippen LogP contribution in [0.4, 0.5) is 5.69 Å². The van der Waals surface area contributed by atoms with E-state index >= 15 is 0 Å². The van der Waals surface area contributed by atoms with Crippen molar-refractivity contribution in [2.75, 3.05) is 19.0 Å². The third-order valence-electron chi connectivity index (χ3n) is 3.41. The summed E-state index contributed by atoms with van der Waals surface area (Å²) in [6.07, 6.45) is 0. The lowest BCUT2D eigenvalue weighted by Crippen LogP contribution is -2.13. The van der Waals surface area contributed by atoms with Crippen LogP contribution in [0.15, 0.2) is 42.5 Å². The van der Waals surface area contributed by atoms with Gasteiger partial charge in [-0.3, -0.25) is 9.89 Å². The Hall–Kier alpha value is -3.02. The van der Waals surface area contributed by atoms with Crippen LogP contribution in [0.1, 0.15) is 17.4 Å². The molecule has 23 heavy (non-hydrogen) atoms. The van der Waals surface area contributed by atoms with Crippen LogP contribution in [0.25, 0.3) is 10.9 Å². The van der Waals surface area contributed by atoms with Crippen LogP contribution in [0, 0.1) is 0 Å². The Morgan fingerprint density at radius 2 is 2.04 bits per heavy atom. The molecule has 0 radical (unpaired) electrons. The van der Waals surface area contributed by atoms with Crippen molar-refractivity contribution in [3.8, 4) is 11.5 Å². The van der Waals surface area contributed by atoms with Crippen molar-refractivity contribution < 1.29 is 14.3 Å². The summed E-state index contributed by atoms with van der Waals surface area (Å²) in [6.45, 7) is 2.44. The van der Waals surface area contributed by atoms with Crippen LogP contribution < -0.4 is 14.8 Å². The largest absolute Gasteiger partial charge is 0.493 e. The first-order valence-electron chi connectivity index (χ1n) is 7.28. The first kappa shape index (κ1) is 14.9. The molecule has 6 nitrogen and oxygen atoms in total. The topological polar surface area (TPSA) is 76.2 Å². The minimum absolute atomic E-state index is 0.284. The lowest BCUT2D eigenvalue weighted by molar-refractivity contribution is 0.102. The fraction of sp³-hybridized carbons (Fsp3) is 0.176. The molecule has 1 aromatic heterocycles. The molecule has 0 unspecified atom stereocenters. The second-order valence-electron chi connectivity index (χ2n) is 4.87. The van der Waals surface area contributed by atoms with Crippen LogP contribution >= 0.6 is 0 Å². The van der Waals surface area contributed by atoms with Gasteiger partial charge in [0.05, 0.1) is 19.2 Å². The molecule has 0 aliphatic rings. The zero-order valence-electron chi connectivity index (χ0n) is 12.9. The summed E-state index contributed by atoms with van der Waals surface area (Å²) < 4.78 is 10.7. The Morgan fingerprint density at radius 1 is 1.22 bits per heavy atom. The van der Waals surface area contributed by atoms with E-state index in [-0.39, 0.29) is 5.91 Å². The SMILES string of the molecule is CCOc1ccc(NC(=O)c2n[nH]c3ccccc23)cc1OC. The number of ether oxygens (including phenoxy) is 2. The molecule has 0 fully saturated rings. The van der Waals surface area contributed by atoms with Gasteiger partial charge in [0.1, 0.15) is 0 Å². The number of nitrogens with one attached hydrogen (secondary N) is 2. The van der Waals surface area contributed by atoms with E-state index in [9.17, 15) is 4.79 Å². The van der Waals surface area contributed by atoms with Crippen molar-refractivity contribution in [3.05, 3.63) is 48.2 Å². The van der Waals surface area contributed by atoms with E-state index in [1.165, 1.54) is 0 Å². The highest BCUT2D eigenvalue weighted by atomic mass is 16.5. The average molecular weight is 311 g/mol. The Balaban J connectivity index is 1.85. The number of carbonyl (C=O) groups is 1. The Labute approximate surface area is 133 Å². The first-order chi connectivity index (χ1) is 11.2. The number of amides is 1. The van der Waals surface area contributed by atoms with Gasteiger partial charge in [-0.2, -0.15) is 5.10 Å². The van der Waals surface area contributed by atoms with Crippen LogP contribution in [-0.2, 0) is 0 Å². The summed E-state index contributed by atoms with van der Waals surface area (Å²) in [5.74, 6) is 0.920. The van der Waals surface area contributed by atoms with Gasteiger partial charge in [0.2, 0.25) is 0 Å². The minimum Gasteiger partial charge on any atom is -0.493 e. The molecule has 0 saturated carbocycles. The zero-order valence-corrected chi connectivity index (χ0v) is 12.9. The normalized spacial score (nSPS) is 10.5. The number of nitrogens with zero attached hydrogens (tertiary/aromatic N) is 1. The van der Waals surface area contributed by atoms with E-state index < -0.39 is 0 Å². The smallest absolute Gasteiger partial charge is 0.276 e. The zero-order chi connectivity index (χ0) is 16.2. The maximum Gasteiger partial charge on any atom is 0.276 e. The Morgan fingerprint density at radius 3 is 2.83 bits per heavy atom. The van der Waals surface area contributed by atoms with Crippen molar-refractivity contribution in [3.63, 3.8) is 0 Å². The third-order valence-corrected chi connectivity index (χ3v) is 3.41. The highest BCUT2D eigenvalue weighted by Crippen LogP contribution is 2.30. The molecule has 3 aromatic rings. The molecule has 1 heterocycles. The van der Waals surface area contributed by atoms with E-state index in [4.69, 9.17) is 9.47 Å². The number of rotatable bonds is 5. The predicted octanol–water partition coefficient (Wildman–Crippen LogP) is 3.22. The Bertz CT molecular complexity index is 842.